The number of hydrogen-bond donors (Lipinski definition) is 2. The van der Waals surface area contributed by atoms with E-state index in [0.717, 1.165) is 5.56 Å². The van der Waals surface area contributed by atoms with Crippen molar-refractivity contribution < 1.29 is 29.3 Å². The lowest BCUT2D eigenvalue weighted by molar-refractivity contribution is -0.139. The van der Waals surface area contributed by atoms with E-state index in [2.05, 4.69) is 0 Å². The van der Waals surface area contributed by atoms with E-state index in [9.17, 15) is 19.8 Å². The van der Waals surface area contributed by atoms with Crippen LogP contribution < -0.4 is 9.47 Å². The van der Waals surface area contributed by atoms with E-state index in [4.69, 9.17) is 21.1 Å². The largest absolute Gasteiger partial charge is 0.508 e. The lowest BCUT2D eigenvalue weighted by Crippen LogP contribution is -2.31. The lowest BCUT2D eigenvalue weighted by atomic mass is 9.95. The fourth-order valence-electron chi connectivity index (χ4n) is 4.19. The quantitative estimate of drug-likeness (QED) is 0.281. The molecule has 1 saturated heterocycles. The highest BCUT2D eigenvalue weighted by Gasteiger charge is 2.45. The third-order valence-electron chi connectivity index (χ3n) is 5.94. The van der Waals surface area contributed by atoms with Gasteiger partial charge >= 0.3 is 0 Å². The second kappa shape index (κ2) is 10.1. The standard InChI is InChI=1S/C27H24ClNO6/c1-34-21-11-6-16(14-22(21)35-2)12-13-29-24(17-7-9-20(30)10-8-17)23(26(32)27(29)33)25(31)18-4-3-5-19(28)15-18/h3-11,14-15,24,30-31H,12-13H2,1-2H3/b25-23+. The molecule has 1 atom stereocenters. The smallest absolute Gasteiger partial charge is 0.295 e. The van der Waals surface area contributed by atoms with Crippen molar-refractivity contribution in [2.45, 2.75) is 12.5 Å². The number of methoxy groups -OCH3 is 2. The normalized spacial score (nSPS) is 17.0. The molecule has 0 aliphatic carbocycles. The number of phenolic OH excluding ortho intramolecular Hbond substituents is 1. The number of aliphatic hydroxyl groups excluding tert-OH is 1. The number of carbonyl (C=O) groups excluding carboxylic acids is 2. The molecule has 1 amide bonds. The van der Waals surface area contributed by atoms with Crippen molar-refractivity contribution in [3.8, 4) is 17.2 Å². The van der Waals surface area contributed by atoms with E-state index in [0.29, 0.717) is 34.1 Å². The molecule has 180 valence electrons. The molecule has 3 aromatic rings. The molecule has 1 unspecified atom stereocenters. The van der Waals surface area contributed by atoms with E-state index < -0.39 is 17.7 Å². The summed E-state index contributed by atoms with van der Waals surface area (Å²) in [6, 6.07) is 17.3. The third kappa shape index (κ3) is 4.81. The Hall–Kier alpha value is -3.97. The summed E-state index contributed by atoms with van der Waals surface area (Å²) in [6.07, 6.45) is 0.430. The summed E-state index contributed by atoms with van der Waals surface area (Å²) in [7, 11) is 3.09. The second-order valence-electron chi connectivity index (χ2n) is 8.03. The number of halogens is 1. The Labute approximate surface area is 207 Å². The Morgan fingerprint density at radius 2 is 1.69 bits per heavy atom. The van der Waals surface area contributed by atoms with Gasteiger partial charge in [-0.3, -0.25) is 9.59 Å². The van der Waals surface area contributed by atoms with Crippen molar-refractivity contribution in [3.05, 3.63) is 94.0 Å². The van der Waals surface area contributed by atoms with Gasteiger partial charge in [0.15, 0.2) is 11.5 Å². The number of aliphatic hydroxyl groups is 1. The topological polar surface area (TPSA) is 96.3 Å². The number of carbonyl (C=O) groups is 2. The van der Waals surface area contributed by atoms with Gasteiger partial charge in [-0.2, -0.15) is 0 Å². The van der Waals surface area contributed by atoms with Crippen molar-refractivity contribution in [1.82, 2.24) is 4.90 Å². The van der Waals surface area contributed by atoms with Crippen LogP contribution in [0.15, 0.2) is 72.3 Å². The summed E-state index contributed by atoms with van der Waals surface area (Å²) in [6.45, 7) is 0.206. The van der Waals surface area contributed by atoms with Gasteiger partial charge in [0, 0.05) is 17.1 Å². The van der Waals surface area contributed by atoms with Gasteiger partial charge in [-0.1, -0.05) is 41.9 Å². The number of likely N-dealkylation sites (tertiary alicyclic amines) is 1. The monoisotopic (exact) mass is 493 g/mol. The van der Waals surface area contributed by atoms with Gasteiger partial charge in [-0.15, -0.1) is 0 Å². The predicted molar refractivity (Wildman–Crippen MR) is 132 cm³/mol. The molecule has 1 heterocycles. The zero-order valence-electron chi connectivity index (χ0n) is 19.2. The van der Waals surface area contributed by atoms with E-state index in [-0.39, 0.29) is 23.6 Å². The van der Waals surface area contributed by atoms with Gasteiger partial charge in [0.2, 0.25) is 0 Å². The Kier molecular flexibility index (Phi) is 6.98. The van der Waals surface area contributed by atoms with Gasteiger partial charge in [0.05, 0.1) is 25.8 Å². The van der Waals surface area contributed by atoms with Crippen molar-refractivity contribution in [3.63, 3.8) is 0 Å². The molecule has 35 heavy (non-hydrogen) atoms. The van der Waals surface area contributed by atoms with Crippen LogP contribution in [-0.2, 0) is 16.0 Å². The second-order valence-corrected chi connectivity index (χ2v) is 8.47. The lowest BCUT2D eigenvalue weighted by Gasteiger charge is -2.25. The molecular formula is C27H24ClNO6. The molecule has 0 radical (unpaired) electrons. The fraction of sp³-hybridized carbons (Fsp3) is 0.185. The number of ketones is 1. The maximum absolute atomic E-state index is 13.1. The van der Waals surface area contributed by atoms with Gasteiger partial charge in [0.25, 0.3) is 11.7 Å². The highest BCUT2D eigenvalue weighted by atomic mass is 35.5. The number of nitrogens with zero attached hydrogens (tertiary/aromatic N) is 1. The van der Waals surface area contributed by atoms with Crippen LogP contribution in [0.25, 0.3) is 5.76 Å². The molecule has 7 nitrogen and oxygen atoms in total. The molecule has 0 aromatic heterocycles. The van der Waals surface area contributed by atoms with Crippen molar-refractivity contribution in [2.24, 2.45) is 0 Å². The number of phenols is 1. The van der Waals surface area contributed by atoms with Crippen LogP contribution in [0.2, 0.25) is 5.02 Å². The Balaban J connectivity index is 1.74. The molecule has 2 N–H and O–H groups in total. The molecule has 1 aliphatic rings. The Bertz CT molecular complexity index is 1300. The van der Waals surface area contributed by atoms with Gasteiger partial charge in [-0.25, -0.2) is 0 Å². The van der Waals surface area contributed by atoms with Crippen molar-refractivity contribution in [1.29, 1.82) is 0 Å². The maximum atomic E-state index is 13.1. The van der Waals surface area contributed by atoms with Crippen LogP contribution in [0.5, 0.6) is 17.2 Å². The van der Waals surface area contributed by atoms with E-state index >= 15 is 0 Å². The molecular weight excluding hydrogens is 470 g/mol. The molecule has 0 bridgehead atoms. The van der Waals surface area contributed by atoms with E-state index in [1.807, 2.05) is 12.1 Å². The number of hydrogen-bond acceptors (Lipinski definition) is 6. The van der Waals surface area contributed by atoms with Crippen LogP contribution in [0.4, 0.5) is 0 Å². The molecule has 8 heteroatoms. The van der Waals surface area contributed by atoms with Crippen LogP contribution in [0.1, 0.15) is 22.7 Å². The highest BCUT2D eigenvalue weighted by molar-refractivity contribution is 6.46. The van der Waals surface area contributed by atoms with Gasteiger partial charge in [-0.05, 0) is 53.9 Å². The number of Topliss-reactive ketones (excluding diaryl/α,β-unsaturated/α-hetero) is 1. The third-order valence-corrected chi connectivity index (χ3v) is 6.17. The first kappa shape index (κ1) is 24.2. The maximum Gasteiger partial charge on any atom is 0.295 e. The fourth-order valence-corrected chi connectivity index (χ4v) is 4.38. The van der Waals surface area contributed by atoms with Crippen LogP contribution in [0.3, 0.4) is 0 Å². The van der Waals surface area contributed by atoms with Crippen LogP contribution in [-0.4, -0.2) is 47.6 Å². The molecule has 4 rings (SSSR count). The highest BCUT2D eigenvalue weighted by Crippen LogP contribution is 2.40. The summed E-state index contributed by atoms with van der Waals surface area (Å²) < 4.78 is 10.6. The number of amides is 1. The first-order valence-electron chi connectivity index (χ1n) is 10.9. The van der Waals surface area contributed by atoms with Crippen LogP contribution >= 0.6 is 11.6 Å². The minimum atomic E-state index is -0.838. The summed E-state index contributed by atoms with van der Waals surface area (Å²) in [4.78, 5) is 27.7. The van der Waals surface area contributed by atoms with Gasteiger partial charge < -0.3 is 24.6 Å². The summed E-state index contributed by atoms with van der Waals surface area (Å²) >= 11 is 6.08. The zero-order valence-corrected chi connectivity index (χ0v) is 20.0. The van der Waals surface area contributed by atoms with E-state index in [1.165, 1.54) is 23.1 Å². The average molecular weight is 494 g/mol. The average Bonchev–Trinajstić information content (AvgIpc) is 3.12. The SMILES string of the molecule is COc1ccc(CCN2C(=O)C(=O)/C(=C(/O)c3cccc(Cl)c3)C2c2ccc(O)cc2)cc1OC. The number of ether oxygens (including phenoxy) is 2. The van der Waals surface area contributed by atoms with Crippen molar-refractivity contribution in [2.75, 3.05) is 20.8 Å². The first-order chi connectivity index (χ1) is 16.8. The molecule has 3 aromatic carbocycles. The molecule has 0 saturated carbocycles. The van der Waals surface area contributed by atoms with Crippen LogP contribution in [0, 0.1) is 0 Å². The van der Waals surface area contributed by atoms with Gasteiger partial charge in [0.1, 0.15) is 11.5 Å². The molecule has 1 fully saturated rings. The molecule has 1 aliphatic heterocycles. The number of rotatable bonds is 7. The Morgan fingerprint density at radius 3 is 2.34 bits per heavy atom. The summed E-state index contributed by atoms with van der Waals surface area (Å²) in [5, 5.41) is 21.2. The minimum absolute atomic E-state index is 0.0322. The van der Waals surface area contributed by atoms with Crippen molar-refractivity contribution >= 4 is 29.1 Å². The number of benzene rings is 3. The summed E-state index contributed by atoms with van der Waals surface area (Å²) in [5.74, 6) is -0.617. The minimum Gasteiger partial charge on any atom is -0.508 e. The first-order valence-corrected chi connectivity index (χ1v) is 11.3. The number of aromatic hydroxyl groups is 1. The zero-order chi connectivity index (χ0) is 25.1. The summed E-state index contributed by atoms with van der Waals surface area (Å²) in [5.41, 5.74) is 1.76. The van der Waals surface area contributed by atoms with E-state index in [1.54, 1.807) is 50.6 Å². The Morgan fingerprint density at radius 1 is 0.971 bits per heavy atom. The molecule has 0 spiro atoms. The predicted octanol–water partition coefficient (Wildman–Crippen LogP) is 4.73.